The molecular weight excluding hydrogens is 340 g/mol. The number of methoxy groups -OCH3 is 1. The fraction of sp³-hybridized carbons (Fsp3) is 0.533. The number of aryl methyl sites for hydroxylation is 1. The van der Waals surface area contributed by atoms with E-state index in [0.717, 1.165) is 24.7 Å². The molecule has 1 saturated carbocycles. The molecule has 0 unspecified atom stereocenters. The Balaban J connectivity index is 2.24. The molecule has 128 valence electrons. The number of halogens is 1. The molecule has 2 rings (SSSR count). The van der Waals surface area contributed by atoms with Crippen molar-refractivity contribution in [2.45, 2.75) is 32.2 Å². The molecule has 6 nitrogen and oxygen atoms in total. The zero-order valence-electron chi connectivity index (χ0n) is 13.4. The Bertz CT molecular complexity index is 702. The van der Waals surface area contributed by atoms with E-state index in [2.05, 4.69) is 5.32 Å². The number of anilines is 1. The van der Waals surface area contributed by atoms with E-state index < -0.39 is 10.0 Å². The van der Waals surface area contributed by atoms with Crippen LogP contribution in [0.4, 0.5) is 5.69 Å². The minimum Gasteiger partial charge on any atom is -0.494 e. The van der Waals surface area contributed by atoms with Gasteiger partial charge >= 0.3 is 0 Å². The molecule has 1 aromatic rings. The first kappa shape index (κ1) is 17.9. The maximum absolute atomic E-state index is 12.1. The van der Waals surface area contributed by atoms with E-state index >= 15 is 0 Å². The van der Waals surface area contributed by atoms with Crippen LogP contribution in [-0.2, 0) is 14.8 Å². The molecule has 1 aromatic carbocycles. The Morgan fingerprint density at radius 3 is 2.61 bits per heavy atom. The van der Waals surface area contributed by atoms with Crippen molar-refractivity contribution in [1.29, 1.82) is 0 Å². The number of carbonyl (C=O) groups is 1. The lowest BCUT2D eigenvalue weighted by Gasteiger charge is -2.25. The molecule has 0 aromatic heterocycles. The van der Waals surface area contributed by atoms with Crippen LogP contribution < -0.4 is 14.4 Å². The second-order valence-electron chi connectivity index (χ2n) is 5.70. The average molecular weight is 361 g/mol. The van der Waals surface area contributed by atoms with Crippen LogP contribution in [0.1, 0.15) is 24.8 Å². The van der Waals surface area contributed by atoms with Gasteiger partial charge in [0, 0.05) is 30.1 Å². The number of amides is 1. The van der Waals surface area contributed by atoms with Gasteiger partial charge in [-0.25, -0.2) is 8.42 Å². The number of rotatable bonds is 7. The first-order chi connectivity index (χ1) is 10.7. The van der Waals surface area contributed by atoms with Gasteiger partial charge in [0.2, 0.25) is 15.9 Å². The summed E-state index contributed by atoms with van der Waals surface area (Å²) in [5, 5.41) is 3.34. The Hall–Kier alpha value is -1.47. The lowest BCUT2D eigenvalue weighted by Crippen LogP contribution is -2.35. The van der Waals surface area contributed by atoms with Crippen molar-refractivity contribution in [1.82, 2.24) is 5.32 Å². The molecule has 0 atom stereocenters. The predicted octanol–water partition coefficient (Wildman–Crippen LogP) is 2.09. The van der Waals surface area contributed by atoms with Crippen LogP contribution in [0.3, 0.4) is 0 Å². The summed E-state index contributed by atoms with van der Waals surface area (Å²) in [6, 6.07) is 3.48. The van der Waals surface area contributed by atoms with E-state index in [4.69, 9.17) is 16.3 Å². The topological polar surface area (TPSA) is 75.7 Å². The Kier molecular flexibility index (Phi) is 5.41. The first-order valence-corrected chi connectivity index (χ1v) is 9.56. The Labute approximate surface area is 141 Å². The molecule has 0 saturated heterocycles. The van der Waals surface area contributed by atoms with Crippen molar-refractivity contribution in [2.24, 2.45) is 0 Å². The summed E-state index contributed by atoms with van der Waals surface area (Å²) in [4.78, 5) is 11.8. The van der Waals surface area contributed by atoms with Crippen molar-refractivity contribution >= 4 is 33.2 Å². The second-order valence-corrected chi connectivity index (χ2v) is 8.01. The summed E-state index contributed by atoms with van der Waals surface area (Å²) in [5.74, 6) is 0.208. The van der Waals surface area contributed by atoms with Gasteiger partial charge in [-0.1, -0.05) is 11.6 Å². The van der Waals surface area contributed by atoms with Gasteiger partial charge in [-0.3, -0.25) is 9.10 Å². The quantitative estimate of drug-likeness (QED) is 0.807. The lowest BCUT2D eigenvalue weighted by atomic mass is 10.2. The lowest BCUT2D eigenvalue weighted by molar-refractivity contribution is -0.121. The van der Waals surface area contributed by atoms with E-state index in [9.17, 15) is 13.2 Å². The fourth-order valence-electron chi connectivity index (χ4n) is 2.20. The third-order valence-corrected chi connectivity index (χ3v) is 5.20. The molecule has 23 heavy (non-hydrogen) atoms. The highest BCUT2D eigenvalue weighted by molar-refractivity contribution is 7.92. The van der Waals surface area contributed by atoms with Crippen molar-refractivity contribution in [2.75, 3.05) is 24.2 Å². The van der Waals surface area contributed by atoms with Gasteiger partial charge in [0.25, 0.3) is 0 Å². The summed E-state index contributed by atoms with van der Waals surface area (Å²) in [7, 11) is -2.11. The fourth-order valence-corrected chi connectivity index (χ4v) is 3.28. The maximum Gasteiger partial charge on any atom is 0.232 e. The Morgan fingerprint density at radius 1 is 1.43 bits per heavy atom. The predicted molar refractivity (Wildman–Crippen MR) is 90.7 cm³/mol. The average Bonchev–Trinajstić information content (AvgIpc) is 3.24. The highest BCUT2D eigenvalue weighted by Gasteiger charge is 2.26. The second kappa shape index (κ2) is 6.97. The molecule has 0 radical (unpaired) electrons. The van der Waals surface area contributed by atoms with Crippen molar-refractivity contribution < 1.29 is 17.9 Å². The number of carbonyl (C=O) groups excluding carboxylic acids is 1. The molecule has 0 heterocycles. The van der Waals surface area contributed by atoms with Crippen LogP contribution in [-0.4, -0.2) is 40.3 Å². The molecule has 0 aliphatic heterocycles. The van der Waals surface area contributed by atoms with Gasteiger partial charge in [-0.2, -0.15) is 0 Å². The molecule has 1 aliphatic carbocycles. The molecule has 1 amide bonds. The number of nitrogens with zero attached hydrogens (tertiary/aromatic N) is 1. The van der Waals surface area contributed by atoms with Crippen molar-refractivity contribution in [3.05, 3.63) is 22.7 Å². The number of nitrogens with one attached hydrogen (secondary N) is 1. The summed E-state index contributed by atoms with van der Waals surface area (Å²) in [6.07, 6.45) is 3.18. The minimum atomic E-state index is -3.56. The molecule has 1 N–H and O–H groups in total. The van der Waals surface area contributed by atoms with Crippen molar-refractivity contribution in [3.63, 3.8) is 0 Å². The zero-order valence-corrected chi connectivity index (χ0v) is 15.0. The third kappa shape index (κ3) is 4.75. The van der Waals surface area contributed by atoms with Crippen molar-refractivity contribution in [3.8, 4) is 5.75 Å². The number of benzene rings is 1. The number of hydrogen-bond donors (Lipinski definition) is 1. The van der Waals surface area contributed by atoms with Gasteiger partial charge in [0.1, 0.15) is 5.75 Å². The van der Waals surface area contributed by atoms with Gasteiger partial charge in [-0.15, -0.1) is 0 Å². The number of sulfonamides is 1. The van der Waals surface area contributed by atoms with Gasteiger partial charge in [0.15, 0.2) is 0 Å². The molecule has 8 heteroatoms. The highest BCUT2D eigenvalue weighted by atomic mass is 35.5. The van der Waals surface area contributed by atoms with E-state index in [1.54, 1.807) is 19.1 Å². The van der Waals surface area contributed by atoms with E-state index in [1.807, 2.05) is 0 Å². The van der Waals surface area contributed by atoms with Gasteiger partial charge in [0.05, 0.1) is 19.1 Å². The summed E-state index contributed by atoms with van der Waals surface area (Å²) in [5.41, 5.74) is 1.12. The van der Waals surface area contributed by atoms with Crippen LogP contribution in [0.5, 0.6) is 5.75 Å². The molecule has 1 fully saturated rings. The van der Waals surface area contributed by atoms with Crippen LogP contribution >= 0.6 is 11.6 Å². The van der Waals surface area contributed by atoms with E-state index in [0.29, 0.717) is 16.5 Å². The first-order valence-electron chi connectivity index (χ1n) is 7.33. The third-order valence-electron chi connectivity index (χ3n) is 3.61. The van der Waals surface area contributed by atoms with Gasteiger partial charge < -0.3 is 10.1 Å². The molecule has 1 aliphatic rings. The molecule has 0 spiro atoms. The number of hydrogen-bond acceptors (Lipinski definition) is 4. The summed E-state index contributed by atoms with van der Waals surface area (Å²) >= 11 is 6.06. The Morgan fingerprint density at radius 2 is 2.09 bits per heavy atom. The largest absolute Gasteiger partial charge is 0.494 e. The monoisotopic (exact) mass is 360 g/mol. The minimum absolute atomic E-state index is 0.0504. The van der Waals surface area contributed by atoms with E-state index in [-0.39, 0.29) is 24.9 Å². The summed E-state index contributed by atoms with van der Waals surface area (Å²) in [6.45, 7) is 1.83. The van der Waals surface area contributed by atoms with Gasteiger partial charge in [-0.05, 0) is 31.4 Å². The standard InChI is InChI=1S/C15H21ClN2O4S/c1-10-8-13(14(22-2)9-12(10)16)18(23(3,20)21)7-6-15(19)17-11-4-5-11/h8-9,11H,4-7H2,1-3H3,(H,17,19). The summed E-state index contributed by atoms with van der Waals surface area (Å²) < 4.78 is 30.7. The van der Waals surface area contributed by atoms with E-state index in [1.165, 1.54) is 11.4 Å². The SMILES string of the molecule is COc1cc(Cl)c(C)cc1N(CCC(=O)NC1CC1)S(C)(=O)=O. The van der Waals surface area contributed by atoms with Crippen LogP contribution in [0.15, 0.2) is 12.1 Å². The van der Waals surface area contributed by atoms with Crippen LogP contribution in [0.25, 0.3) is 0 Å². The normalized spacial score (nSPS) is 14.4. The highest BCUT2D eigenvalue weighted by Crippen LogP contribution is 2.35. The molecular formula is C15H21ClN2O4S. The smallest absolute Gasteiger partial charge is 0.232 e. The number of ether oxygens (including phenoxy) is 1. The van der Waals surface area contributed by atoms with Crippen LogP contribution in [0, 0.1) is 6.92 Å². The zero-order chi connectivity index (χ0) is 17.2. The maximum atomic E-state index is 12.1. The molecule has 0 bridgehead atoms. The van der Waals surface area contributed by atoms with Crippen LogP contribution in [0.2, 0.25) is 5.02 Å².